The smallest absolute Gasteiger partial charge is 0.407 e. The first-order valence-electron chi connectivity index (χ1n) is 10.7. The molecule has 2 aliphatic heterocycles. The Hall–Kier alpha value is -1.89. The van der Waals surface area contributed by atoms with Crippen LogP contribution in [0.4, 0.5) is 4.79 Å². The molecule has 3 aliphatic rings. The molecule has 3 N–H and O–H groups in total. The zero-order valence-electron chi connectivity index (χ0n) is 16.6. The number of rotatable bonds is 3. The van der Waals surface area contributed by atoms with Crippen molar-refractivity contribution in [3.63, 3.8) is 0 Å². The predicted molar refractivity (Wildman–Crippen MR) is 106 cm³/mol. The second-order valence-corrected chi connectivity index (χ2v) is 8.27. The summed E-state index contributed by atoms with van der Waals surface area (Å²) in [6.45, 7) is 0.986. The van der Waals surface area contributed by atoms with Gasteiger partial charge in [-0.2, -0.15) is 0 Å². The normalized spacial score (nSPS) is 32.5. The maximum absolute atomic E-state index is 12.9. The third-order valence-corrected chi connectivity index (χ3v) is 6.05. The SMILES string of the molecule is NCCNC(=O)OC1CC2C(=O)CCCCC/C=C\CC3CC3CC(=O)N2C1. The second kappa shape index (κ2) is 10.0. The number of nitrogens with two attached hydrogens (primary N) is 1. The number of hydrogen-bond acceptors (Lipinski definition) is 5. The molecule has 156 valence electrons. The van der Waals surface area contributed by atoms with Crippen molar-refractivity contribution in [1.82, 2.24) is 10.2 Å². The van der Waals surface area contributed by atoms with E-state index in [0.717, 1.165) is 38.5 Å². The molecule has 7 heteroatoms. The van der Waals surface area contributed by atoms with Crippen molar-refractivity contribution in [1.29, 1.82) is 0 Å². The lowest BCUT2D eigenvalue weighted by Gasteiger charge is -2.23. The molecule has 0 bridgehead atoms. The molecule has 1 aliphatic carbocycles. The molecular weight excluding hydrogens is 358 g/mol. The van der Waals surface area contributed by atoms with Crippen LogP contribution >= 0.6 is 0 Å². The van der Waals surface area contributed by atoms with Gasteiger partial charge in [0.05, 0.1) is 12.6 Å². The maximum Gasteiger partial charge on any atom is 0.407 e. The third-order valence-electron chi connectivity index (χ3n) is 6.05. The minimum atomic E-state index is -0.535. The Labute approximate surface area is 167 Å². The summed E-state index contributed by atoms with van der Waals surface area (Å²) in [4.78, 5) is 39.2. The van der Waals surface area contributed by atoms with Gasteiger partial charge in [-0.05, 0) is 43.9 Å². The van der Waals surface area contributed by atoms with Gasteiger partial charge in [0, 0.05) is 32.4 Å². The van der Waals surface area contributed by atoms with E-state index in [1.54, 1.807) is 4.90 Å². The molecule has 4 atom stereocenters. The molecule has 1 saturated carbocycles. The van der Waals surface area contributed by atoms with Crippen LogP contribution in [-0.4, -0.2) is 54.5 Å². The van der Waals surface area contributed by atoms with Crippen molar-refractivity contribution in [3.8, 4) is 0 Å². The van der Waals surface area contributed by atoms with E-state index >= 15 is 0 Å². The predicted octanol–water partition coefficient (Wildman–Crippen LogP) is 2.15. The van der Waals surface area contributed by atoms with Crippen LogP contribution in [-0.2, 0) is 14.3 Å². The molecule has 0 aromatic heterocycles. The highest BCUT2D eigenvalue weighted by atomic mass is 16.6. The number of allylic oxidation sites excluding steroid dienone is 2. The summed E-state index contributed by atoms with van der Waals surface area (Å²) in [5, 5.41) is 2.58. The van der Waals surface area contributed by atoms with E-state index in [2.05, 4.69) is 17.5 Å². The number of hydrogen-bond donors (Lipinski definition) is 2. The van der Waals surface area contributed by atoms with Gasteiger partial charge in [0.25, 0.3) is 0 Å². The number of nitrogens with one attached hydrogen (secondary N) is 1. The lowest BCUT2D eigenvalue weighted by atomic mass is 10.0. The Bertz CT molecular complexity index is 606. The van der Waals surface area contributed by atoms with Gasteiger partial charge in [0.15, 0.2) is 5.78 Å². The largest absolute Gasteiger partial charge is 0.444 e. The first-order chi connectivity index (χ1) is 13.6. The molecule has 0 radical (unpaired) electrons. The molecule has 7 nitrogen and oxygen atoms in total. The average Bonchev–Trinajstić information content (AvgIpc) is 3.26. The number of carbonyl (C=O) groups excluding carboxylic acids is 3. The number of ether oxygens (including phenoxy) is 1. The summed E-state index contributed by atoms with van der Waals surface area (Å²) in [5.74, 6) is 1.14. The van der Waals surface area contributed by atoms with Gasteiger partial charge < -0.3 is 20.7 Å². The highest BCUT2D eigenvalue weighted by Gasteiger charge is 2.44. The van der Waals surface area contributed by atoms with Crippen LogP contribution in [0.3, 0.4) is 0 Å². The molecule has 2 amide bonds. The first kappa shape index (κ1) is 20.8. The van der Waals surface area contributed by atoms with Crippen LogP contribution in [0.15, 0.2) is 12.2 Å². The van der Waals surface area contributed by atoms with Crippen molar-refractivity contribution in [2.75, 3.05) is 19.6 Å². The van der Waals surface area contributed by atoms with Crippen molar-refractivity contribution in [2.24, 2.45) is 17.6 Å². The molecule has 0 spiro atoms. The summed E-state index contributed by atoms with van der Waals surface area (Å²) in [7, 11) is 0. The van der Waals surface area contributed by atoms with E-state index in [1.165, 1.54) is 0 Å². The number of Topliss-reactive ketones (excluding diaryl/α,β-unsaturated/α-hetero) is 1. The molecule has 2 fully saturated rings. The lowest BCUT2D eigenvalue weighted by Crippen LogP contribution is -2.41. The number of nitrogens with zero attached hydrogens (tertiary/aromatic N) is 1. The maximum atomic E-state index is 12.9. The van der Waals surface area contributed by atoms with E-state index in [0.29, 0.717) is 50.7 Å². The van der Waals surface area contributed by atoms with Gasteiger partial charge in [-0.1, -0.05) is 18.6 Å². The molecule has 3 rings (SSSR count). The number of ketones is 1. The van der Waals surface area contributed by atoms with E-state index < -0.39 is 18.2 Å². The summed E-state index contributed by atoms with van der Waals surface area (Å²) >= 11 is 0. The fourth-order valence-corrected chi connectivity index (χ4v) is 4.32. The standard InChI is InChI=1S/C21H33N3O4/c22-9-10-23-21(27)28-17-13-18-19(25)8-6-4-2-1-3-5-7-15-11-16(15)12-20(26)24(18)14-17/h3,5,15-18H,1-2,4,6-14,22H2,(H,23,27)/b5-3-. The van der Waals surface area contributed by atoms with E-state index in [9.17, 15) is 14.4 Å². The summed E-state index contributed by atoms with van der Waals surface area (Å²) in [6, 6.07) is -0.458. The average molecular weight is 392 g/mol. The quantitative estimate of drug-likeness (QED) is 0.718. The minimum absolute atomic E-state index is 0.0261. The van der Waals surface area contributed by atoms with Gasteiger partial charge in [-0.15, -0.1) is 0 Å². The number of alkyl carbamates (subject to hydrolysis) is 1. The van der Waals surface area contributed by atoms with E-state index in [4.69, 9.17) is 10.5 Å². The van der Waals surface area contributed by atoms with Crippen molar-refractivity contribution >= 4 is 17.8 Å². The summed E-state index contributed by atoms with van der Waals surface area (Å²) < 4.78 is 5.43. The monoisotopic (exact) mass is 391 g/mol. The van der Waals surface area contributed by atoms with Gasteiger partial charge in [-0.25, -0.2) is 4.79 Å². The van der Waals surface area contributed by atoms with Gasteiger partial charge in [-0.3, -0.25) is 9.59 Å². The Morgan fingerprint density at radius 3 is 2.86 bits per heavy atom. The number of fused-ring (bicyclic) bond motifs is 2. The van der Waals surface area contributed by atoms with Crippen molar-refractivity contribution in [3.05, 3.63) is 12.2 Å². The molecule has 0 aromatic carbocycles. The summed E-state index contributed by atoms with van der Waals surface area (Å²) in [5.41, 5.74) is 5.38. The Morgan fingerprint density at radius 2 is 2.04 bits per heavy atom. The lowest BCUT2D eigenvalue weighted by molar-refractivity contribution is -0.138. The fraction of sp³-hybridized carbons (Fsp3) is 0.762. The summed E-state index contributed by atoms with van der Waals surface area (Å²) in [6.07, 6.45) is 11.1. The molecule has 28 heavy (non-hydrogen) atoms. The number of amides is 2. The van der Waals surface area contributed by atoms with Crippen LogP contribution in [0.25, 0.3) is 0 Å². The molecular formula is C21H33N3O4. The van der Waals surface area contributed by atoms with Gasteiger partial charge in [0.2, 0.25) is 5.91 Å². The topological polar surface area (TPSA) is 102 Å². The van der Waals surface area contributed by atoms with Crippen LogP contribution in [0, 0.1) is 11.8 Å². The number of carbonyl (C=O) groups is 3. The van der Waals surface area contributed by atoms with Crippen LogP contribution in [0.1, 0.15) is 57.8 Å². The van der Waals surface area contributed by atoms with Crippen LogP contribution in [0.2, 0.25) is 0 Å². The van der Waals surface area contributed by atoms with Crippen molar-refractivity contribution in [2.45, 2.75) is 69.9 Å². The molecule has 0 aromatic rings. The highest BCUT2D eigenvalue weighted by molar-refractivity contribution is 5.90. The Morgan fingerprint density at radius 1 is 1.18 bits per heavy atom. The zero-order chi connectivity index (χ0) is 19.9. The third kappa shape index (κ3) is 5.80. The fourth-order valence-electron chi connectivity index (χ4n) is 4.32. The van der Waals surface area contributed by atoms with Crippen LogP contribution < -0.4 is 11.1 Å². The Balaban J connectivity index is 1.63. The Kier molecular flexibility index (Phi) is 7.48. The second-order valence-electron chi connectivity index (χ2n) is 8.27. The molecule has 1 saturated heterocycles. The minimum Gasteiger partial charge on any atom is -0.444 e. The van der Waals surface area contributed by atoms with Crippen molar-refractivity contribution < 1.29 is 19.1 Å². The first-order valence-corrected chi connectivity index (χ1v) is 10.7. The van der Waals surface area contributed by atoms with E-state index in [-0.39, 0.29) is 11.7 Å². The zero-order valence-corrected chi connectivity index (χ0v) is 16.6. The van der Waals surface area contributed by atoms with Crippen LogP contribution in [0.5, 0.6) is 0 Å². The molecule has 4 unspecified atom stereocenters. The molecule has 2 heterocycles. The van der Waals surface area contributed by atoms with E-state index in [1.807, 2.05) is 0 Å². The highest BCUT2D eigenvalue weighted by Crippen LogP contribution is 2.44. The van der Waals surface area contributed by atoms with Gasteiger partial charge >= 0.3 is 6.09 Å². The van der Waals surface area contributed by atoms with Gasteiger partial charge in [0.1, 0.15) is 6.10 Å².